The molecule has 8 aromatic rings. The normalized spacial score (nSPS) is 23.3. The van der Waals surface area contributed by atoms with Crippen molar-refractivity contribution in [2.45, 2.75) is 164 Å². The molecule has 0 amide bonds. The molecular formula is C94H116N12O29S6. The highest BCUT2D eigenvalue weighted by Gasteiger charge is 2.42. The molecule has 6 fully saturated rings. The molecule has 1 aliphatic carbocycles. The molecule has 0 radical (unpaired) electrons. The number of carboxylic acid groups (broad SMARTS) is 3. The third-order valence-electron chi connectivity index (χ3n) is 26.1. The number of carboxylic acids is 3. The van der Waals surface area contributed by atoms with Gasteiger partial charge in [0.1, 0.15) is 22.8 Å². The van der Waals surface area contributed by atoms with Crippen LogP contribution in [0.4, 0.5) is 32.3 Å². The SMILES string of the molecule is C[C@@H]1C[C@H](C)CN(S(=O)(=O)c2ccc3c(NO)c4ccc(S(=O)(=O)N5C[C@H](C)C[C@H](C)C5)cc4c(N=O)c3c2)C1.C[C@@H]1C[C@H](C)CN(S(=O)(=O)c2ccc3c(NOC(=O)OCC(=O)O)c4ccc(S(=O)(=O)N5C[C@H](C)C[C@H](C)C5)cc4c(N=O)c3c2)C1.C[C@@H]1C[C@H](C)CN(S(=O)(=O)c2ccc3c(c2)C(=NOC(=O)CCC(=O)O)c2cc(S(=O)(=O)N4C[C@H](C)C[C@H](C)C4)ccc2C3=NOC(=O)OCC(=O)O)C1. The maximum Gasteiger partial charge on any atom is 0.535 e. The minimum atomic E-state index is -4.12. The van der Waals surface area contributed by atoms with Crippen LogP contribution in [0.15, 0.2) is 159 Å². The number of benzene rings is 8. The monoisotopic (exact) mass is 2070 g/mol. The van der Waals surface area contributed by atoms with Crippen molar-refractivity contribution in [2.24, 2.45) is 91.7 Å². The van der Waals surface area contributed by atoms with Gasteiger partial charge < -0.3 is 34.5 Å². The molecule has 0 bridgehead atoms. The number of piperidine rings is 6. The van der Waals surface area contributed by atoms with E-state index in [0.29, 0.717) is 63.1 Å². The molecule has 0 aromatic heterocycles. The minimum Gasteiger partial charge on any atom is -0.481 e. The predicted molar refractivity (Wildman–Crippen MR) is 520 cm³/mol. The topological polar surface area (TPSA) is 561 Å². The molecule has 0 saturated carbocycles. The standard InChI is InChI=1S/C35H42N4O13S2.C31H38N4O10S2.C28H36N4O6S2/c1-20-11-21(2)16-38(15-20)53(46,47)24-5-7-26-28(13-24)34(36-51-32(44)10-9-30(40)41)29-14-25(54(48,49)39-17-22(3)12-23(4)18-39)6-8-27(29)33(26)37-52-35(45)50-19-31(42)43;1-18-9-19(2)14-34(13-18)46(40,41)22-5-7-24-26(11-22)29(32-39)27-12-23(47(42,43)35-15-20(3)10-21(4)16-35)6-8-25(27)30(24)33-45-31(38)44-17-28(36)37;1-17-9-18(2)14-31(13-17)39(35,36)21-5-7-23-25(11-21)28(30-34)26-12-22(6-8-24(26)27(23)29-33)40(37,38)32-15-19(3)10-20(4)16-32/h5-8,13-14,20-23H,9-12,15-19H2,1-4H3,(H,40,41)(H,42,43);5-8,11-12,18-21,33H,9-10,13-17H2,1-4H3,(H,36,37);5-8,11-12,17-20,29,33H,9-10,13-16H2,1-4H3/t20-,21+,22-,23+;18-,19+,20-,21+;17-,18+,19-,20+. The Morgan fingerprint density at radius 1 is 0.319 bits per heavy atom. The summed E-state index contributed by atoms with van der Waals surface area (Å²) in [6.45, 7) is 25.8. The zero-order valence-corrected chi connectivity index (χ0v) is 84.7. The van der Waals surface area contributed by atoms with Crippen LogP contribution >= 0.6 is 0 Å². The van der Waals surface area contributed by atoms with E-state index in [9.17, 15) is 94.3 Å². The zero-order valence-electron chi connectivity index (χ0n) is 79.8. The Morgan fingerprint density at radius 3 is 0.830 bits per heavy atom. The van der Waals surface area contributed by atoms with Crippen molar-refractivity contribution in [3.63, 3.8) is 0 Å². The summed E-state index contributed by atoms with van der Waals surface area (Å²) in [7, 11) is -24.0. The van der Waals surface area contributed by atoms with Crippen LogP contribution in [0.5, 0.6) is 0 Å². The molecule has 7 aliphatic rings. The van der Waals surface area contributed by atoms with Crippen LogP contribution in [-0.2, 0) is 103 Å². The first-order chi connectivity index (χ1) is 66.3. The summed E-state index contributed by atoms with van der Waals surface area (Å²) in [6.07, 6.45) is 1.39. The summed E-state index contributed by atoms with van der Waals surface area (Å²) in [6, 6.07) is 24.9. The second kappa shape index (κ2) is 43.5. The Morgan fingerprint density at radius 2 is 0.567 bits per heavy atom. The lowest BCUT2D eigenvalue weighted by atomic mass is 9.83. The van der Waals surface area contributed by atoms with Crippen molar-refractivity contribution in [1.29, 1.82) is 0 Å². The highest BCUT2D eigenvalue weighted by atomic mass is 32.2. The van der Waals surface area contributed by atoms with E-state index < -0.39 is 122 Å². The predicted octanol–water partition coefficient (Wildman–Crippen LogP) is 14.3. The first-order valence-electron chi connectivity index (χ1n) is 46.2. The fourth-order valence-electron chi connectivity index (χ4n) is 20.6. The van der Waals surface area contributed by atoms with Gasteiger partial charge in [-0.3, -0.25) is 20.3 Å². The summed E-state index contributed by atoms with van der Waals surface area (Å²) in [5, 5.41) is 53.1. The number of oxime groups is 2. The third-order valence-corrected chi connectivity index (χ3v) is 37.0. The Labute approximate surface area is 817 Å². The van der Waals surface area contributed by atoms with Crippen LogP contribution in [0.3, 0.4) is 0 Å². The smallest absolute Gasteiger partial charge is 0.481 e. The molecule has 762 valence electrons. The third kappa shape index (κ3) is 23.8. The number of carbonyl (C=O) groups is 6. The van der Waals surface area contributed by atoms with E-state index in [0.717, 1.165) is 38.5 Å². The molecule has 12 atom stereocenters. The number of fused-ring (bicyclic) bond motifs is 6. The van der Waals surface area contributed by atoms with E-state index in [1.807, 2.05) is 83.1 Å². The van der Waals surface area contributed by atoms with Gasteiger partial charge in [0.25, 0.3) is 0 Å². The molecule has 6 aliphatic heterocycles. The van der Waals surface area contributed by atoms with Gasteiger partial charge in [0.2, 0.25) is 60.1 Å². The summed E-state index contributed by atoms with van der Waals surface area (Å²) in [5.74, 6) is -3.39. The van der Waals surface area contributed by atoms with Gasteiger partial charge in [-0.1, -0.05) is 130 Å². The summed E-state index contributed by atoms with van der Waals surface area (Å²) in [4.78, 5) is 109. The van der Waals surface area contributed by atoms with Crippen molar-refractivity contribution in [2.75, 3.05) is 103 Å². The molecule has 15 rings (SSSR count). The Balaban J connectivity index is 0.000000180. The summed E-state index contributed by atoms with van der Waals surface area (Å²) < 4.78 is 184. The average Bonchev–Trinajstić information content (AvgIpc) is 0.742. The Hall–Kier alpha value is -11.2. The Kier molecular flexibility index (Phi) is 33.1. The second-order valence-corrected chi connectivity index (χ2v) is 50.6. The molecule has 0 unspecified atom stereocenters. The maximum absolute atomic E-state index is 14.1. The molecule has 47 heteroatoms. The number of hydrogen-bond acceptors (Lipinski definition) is 32. The fourth-order valence-corrected chi connectivity index (χ4v) is 30.8. The fraction of sp³-hybridized carbons (Fsp3) is 0.489. The van der Waals surface area contributed by atoms with E-state index in [2.05, 4.69) is 41.1 Å². The first kappa shape index (κ1) is 107. The van der Waals surface area contributed by atoms with Crippen LogP contribution in [0.25, 0.3) is 43.1 Å². The van der Waals surface area contributed by atoms with Crippen LogP contribution in [-0.4, -0.2) is 236 Å². The van der Waals surface area contributed by atoms with Gasteiger partial charge in [0.15, 0.2) is 13.2 Å². The number of anilines is 2. The number of nitrogens with one attached hydrogen (secondary N) is 2. The molecule has 6 heterocycles. The van der Waals surface area contributed by atoms with Crippen molar-refractivity contribution >= 4 is 174 Å². The van der Waals surface area contributed by atoms with E-state index in [1.165, 1.54) is 135 Å². The molecule has 0 spiro atoms. The van der Waals surface area contributed by atoms with Gasteiger partial charge in [-0.25, -0.2) is 80.0 Å². The number of ether oxygens (including phenoxy) is 2. The van der Waals surface area contributed by atoms with Crippen molar-refractivity contribution in [1.82, 2.24) is 25.8 Å². The van der Waals surface area contributed by atoms with Gasteiger partial charge in [-0.05, 0) is 193 Å². The molecule has 141 heavy (non-hydrogen) atoms. The van der Waals surface area contributed by atoms with Gasteiger partial charge >= 0.3 is 36.2 Å². The Bertz CT molecular complexity index is 6670. The van der Waals surface area contributed by atoms with E-state index in [4.69, 9.17) is 29.8 Å². The van der Waals surface area contributed by atoms with Crippen molar-refractivity contribution in [3.8, 4) is 0 Å². The number of nitroso groups, excluding NO2 is 2. The van der Waals surface area contributed by atoms with Gasteiger partial charge in [-0.2, -0.15) is 25.8 Å². The average molecular weight is 2070 g/mol. The first-order valence-corrected chi connectivity index (χ1v) is 54.9. The van der Waals surface area contributed by atoms with Crippen molar-refractivity contribution < 1.29 is 124 Å². The number of aliphatic carboxylic acids is 3. The lowest BCUT2D eigenvalue weighted by molar-refractivity contribution is -0.147. The van der Waals surface area contributed by atoms with Gasteiger partial charge in [0, 0.05) is 144 Å². The largest absolute Gasteiger partial charge is 0.535 e. The van der Waals surface area contributed by atoms with Crippen LogP contribution in [0, 0.1) is 80.8 Å². The molecule has 8 aromatic carbocycles. The number of sulfonamides is 6. The van der Waals surface area contributed by atoms with Crippen LogP contribution < -0.4 is 11.0 Å². The van der Waals surface area contributed by atoms with E-state index in [1.54, 1.807) is 0 Å². The molecule has 41 nitrogen and oxygen atoms in total. The molecular weight excluding hydrogens is 1950 g/mol. The van der Waals surface area contributed by atoms with E-state index in [-0.39, 0.29) is 215 Å². The molecule has 6 saturated heterocycles. The zero-order chi connectivity index (χ0) is 103. The molecule has 6 N–H and O–H groups in total. The second-order valence-electron chi connectivity index (χ2n) is 39.0. The maximum atomic E-state index is 14.1. The highest BCUT2D eigenvalue weighted by molar-refractivity contribution is 7.90. The van der Waals surface area contributed by atoms with Gasteiger partial charge in [0.05, 0.1) is 53.6 Å². The van der Waals surface area contributed by atoms with E-state index >= 15 is 0 Å². The van der Waals surface area contributed by atoms with Crippen LogP contribution in [0.2, 0.25) is 0 Å². The lowest BCUT2D eigenvalue weighted by Crippen LogP contribution is -2.42. The van der Waals surface area contributed by atoms with Crippen LogP contribution in [0.1, 0.15) is 157 Å². The summed E-state index contributed by atoms with van der Waals surface area (Å²) in [5.41, 5.74) is 4.52. The number of carbonyl (C=O) groups excluding carboxylic acids is 3. The van der Waals surface area contributed by atoms with Gasteiger partial charge in [-0.15, -0.1) is 9.81 Å². The number of hydrogen-bond donors (Lipinski definition) is 6. The number of rotatable bonds is 26. The lowest BCUT2D eigenvalue weighted by Gasteiger charge is -2.34. The highest BCUT2D eigenvalue weighted by Crippen LogP contribution is 2.48. The number of nitrogens with zero attached hydrogens (tertiary/aromatic N) is 10. The quantitative estimate of drug-likeness (QED) is 0.00964. The summed E-state index contributed by atoms with van der Waals surface area (Å²) >= 11 is 0. The minimum absolute atomic E-state index is 0.00880. The van der Waals surface area contributed by atoms with Crippen molar-refractivity contribution in [3.05, 3.63) is 141 Å².